The molecule has 5 aliphatic rings. The topological polar surface area (TPSA) is 67.4 Å². The molecule has 0 amide bonds. The Balaban J connectivity index is 1.30. The van der Waals surface area contributed by atoms with Crippen LogP contribution in [0.25, 0.3) is 0 Å². The summed E-state index contributed by atoms with van der Waals surface area (Å²) in [5, 5.41) is 3.30. The van der Waals surface area contributed by atoms with Gasteiger partial charge in [0.25, 0.3) is 0 Å². The van der Waals surface area contributed by atoms with Gasteiger partial charge in [-0.2, -0.15) is 5.48 Å². The molecule has 8 atom stereocenters. The van der Waals surface area contributed by atoms with E-state index in [1.807, 2.05) is 0 Å². The molecule has 4 aliphatic carbocycles. The maximum absolute atomic E-state index is 13.4. The van der Waals surface area contributed by atoms with E-state index < -0.39 is 0 Å². The van der Waals surface area contributed by atoms with Crippen LogP contribution >= 0.6 is 0 Å². The van der Waals surface area contributed by atoms with Gasteiger partial charge in [0.15, 0.2) is 5.78 Å². The minimum atomic E-state index is -0.142. The van der Waals surface area contributed by atoms with Crippen molar-refractivity contribution in [1.29, 1.82) is 0 Å². The van der Waals surface area contributed by atoms with E-state index in [0.717, 1.165) is 70.9 Å². The molecule has 5 nitrogen and oxygen atoms in total. The molecule has 28 heavy (non-hydrogen) atoms. The van der Waals surface area contributed by atoms with E-state index >= 15 is 0 Å². The molecule has 5 rings (SSSR count). The van der Waals surface area contributed by atoms with Crippen molar-refractivity contribution in [2.24, 2.45) is 34.5 Å². The summed E-state index contributed by atoms with van der Waals surface area (Å²) in [7, 11) is 0. The molecule has 1 aliphatic heterocycles. The van der Waals surface area contributed by atoms with Crippen LogP contribution in [0.3, 0.4) is 0 Å². The summed E-state index contributed by atoms with van der Waals surface area (Å²) in [6, 6.07) is -0.142. The smallest absolute Gasteiger partial charge is 0.155 e. The molecule has 0 bridgehead atoms. The maximum atomic E-state index is 13.4. The summed E-state index contributed by atoms with van der Waals surface area (Å²) in [5.41, 5.74) is 3.19. The van der Waals surface area contributed by atoms with Crippen LogP contribution in [0.2, 0.25) is 0 Å². The Labute approximate surface area is 168 Å². The summed E-state index contributed by atoms with van der Waals surface area (Å²) in [6.45, 7) is 6.50. The number of carbonyl (C=O) groups is 2. The van der Waals surface area contributed by atoms with E-state index in [1.54, 1.807) is 0 Å². The predicted molar refractivity (Wildman–Crippen MR) is 106 cm³/mol. The number of hydroxylamine groups is 1. The summed E-state index contributed by atoms with van der Waals surface area (Å²) in [4.78, 5) is 31.8. The first kappa shape index (κ1) is 19.2. The number of fused-ring (bicyclic) bond motifs is 5. The van der Waals surface area contributed by atoms with Crippen molar-refractivity contribution >= 4 is 11.6 Å². The summed E-state index contributed by atoms with van der Waals surface area (Å²) >= 11 is 0. The van der Waals surface area contributed by atoms with Gasteiger partial charge in [-0.3, -0.25) is 14.4 Å². The van der Waals surface area contributed by atoms with Crippen LogP contribution in [-0.4, -0.2) is 36.8 Å². The lowest BCUT2D eigenvalue weighted by molar-refractivity contribution is -0.159. The number of hydrogen-bond acceptors (Lipinski definition) is 5. The first-order chi connectivity index (χ1) is 13.4. The third-order valence-electron chi connectivity index (χ3n) is 9.63. The second-order valence-electron chi connectivity index (χ2n) is 10.8. The van der Waals surface area contributed by atoms with Gasteiger partial charge < -0.3 is 5.32 Å². The number of nitrogens with one attached hydrogen (secondary N) is 2. The van der Waals surface area contributed by atoms with Crippen molar-refractivity contribution in [2.75, 3.05) is 13.1 Å². The zero-order valence-electron chi connectivity index (χ0n) is 17.5. The molecular weight excluding hydrogens is 352 g/mol. The lowest BCUT2D eigenvalue weighted by Crippen LogP contribution is -2.59. The monoisotopic (exact) mass is 388 g/mol. The quantitative estimate of drug-likeness (QED) is 0.728. The number of Topliss-reactive ketones (excluding diaryl/α,β-unsaturated/α-hetero) is 2. The van der Waals surface area contributed by atoms with Gasteiger partial charge in [0.2, 0.25) is 0 Å². The predicted octanol–water partition coefficient (Wildman–Crippen LogP) is 3.03. The first-order valence-corrected chi connectivity index (χ1v) is 11.6. The lowest BCUT2D eigenvalue weighted by Gasteiger charge is -2.59. The van der Waals surface area contributed by atoms with Gasteiger partial charge in [0.1, 0.15) is 5.78 Å². The fourth-order valence-corrected chi connectivity index (χ4v) is 7.92. The van der Waals surface area contributed by atoms with E-state index in [9.17, 15) is 9.59 Å². The molecule has 1 saturated heterocycles. The molecule has 1 heterocycles. The third-order valence-corrected chi connectivity index (χ3v) is 9.63. The molecule has 0 radical (unpaired) electrons. The molecular formula is C23H36N2O3. The minimum Gasteiger partial charge on any atom is -0.314 e. The molecule has 0 aromatic heterocycles. The van der Waals surface area contributed by atoms with E-state index in [0.29, 0.717) is 29.3 Å². The molecule has 5 fully saturated rings. The number of ketones is 2. The highest BCUT2D eigenvalue weighted by atomic mass is 16.7. The van der Waals surface area contributed by atoms with Crippen LogP contribution in [0.1, 0.15) is 71.6 Å². The highest BCUT2D eigenvalue weighted by Crippen LogP contribution is 2.64. The first-order valence-electron chi connectivity index (χ1n) is 11.6. The fourth-order valence-electron chi connectivity index (χ4n) is 7.92. The number of carbonyl (C=O) groups excluding carboxylic acids is 2. The van der Waals surface area contributed by atoms with E-state index in [-0.39, 0.29) is 28.9 Å². The van der Waals surface area contributed by atoms with Gasteiger partial charge in [-0.05, 0) is 81.1 Å². The molecule has 4 saturated carbocycles. The van der Waals surface area contributed by atoms with Gasteiger partial charge >= 0.3 is 0 Å². The summed E-state index contributed by atoms with van der Waals surface area (Å²) in [5.74, 6) is 2.86. The largest absolute Gasteiger partial charge is 0.314 e. The van der Waals surface area contributed by atoms with Crippen LogP contribution in [0.15, 0.2) is 0 Å². The van der Waals surface area contributed by atoms with Crippen molar-refractivity contribution in [3.05, 3.63) is 0 Å². The Bertz CT molecular complexity index is 660. The van der Waals surface area contributed by atoms with Gasteiger partial charge in [-0.1, -0.05) is 13.8 Å². The molecule has 5 heteroatoms. The average molecular weight is 389 g/mol. The van der Waals surface area contributed by atoms with Gasteiger partial charge in [-0.15, -0.1) is 0 Å². The average Bonchev–Trinajstić information content (AvgIpc) is 3.29. The molecule has 2 unspecified atom stereocenters. The molecule has 0 aromatic carbocycles. The fraction of sp³-hybridized carbons (Fsp3) is 0.913. The van der Waals surface area contributed by atoms with Crippen LogP contribution in [0.5, 0.6) is 0 Å². The van der Waals surface area contributed by atoms with E-state index in [1.165, 1.54) is 0 Å². The number of rotatable bonds is 3. The van der Waals surface area contributed by atoms with Crippen molar-refractivity contribution in [3.8, 4) is 0 Å². The zero-order chi connectivity index (χ0) is 19.5. The molecule has 156 valence electrons. The standard InChI is InChI=1S/C23H36N2O3/c1-22-11-8-19(25-28-14-9-12-24-13-14)21(27)18(22)4-3-15-16-5-6-20(26)23(16,2)10-7-17(15)22/h14-19,24-25H,3-13H2,1-2H3/t14-,15+,16+,17+,18?,19?,22-,23+/m1/s1. The Hall–Kier alpha value is -0.780. The second-order valence-corrected chi connectivity index (χ2v) is 10.8. The normalized spacial score (nSPS) is 50.9. The van der Waals surface area contributed by atoms with Crippen LogP contribution < -0.4 is 10.8 Å². The Morgan fingerprint density at radius 1 is 1.00 bits per heavy atom. The highest BCUT2D eigenvalue weighted by Gasteiger charge is 2.61. The molecule has 0 spiro atoms. The minimum absolute atomic E-state index is 0.0731. The maximum Gasteiger partial charge on any atom is 0.155 e. The van der Waals surface area contributed by atoms with Crippen molar-refractivity contribution < 1.29 is 14.4 Å². The number of hydrogen-bond donors (Lipinski definition) is 2. The Morgan fingerprint density at radius 3 is 2.64 bits per heavy atom. The summed E-state index contributed by atoms with van der Waals surface area (Å²) in [6.07, 6.45) is 9.35. The third kappa shape index (κ3) is 2.76. The molecule has 0 aromatic rings. The van der Waals surface area contributed by atoms with Gasteiger partial charge in [0, 0.05) is 24.3 Å². The van der Waals surface area contributed by atoms with E-state index in [4.69, 9.17) is 4.84 Å². The van der Waals surface area contributed by atoms with E-state index in [2.05, 4.69) is 24.6 Å². The van der Waals surface area contributed by atoms with Gasteiger partial charge in [0.05, 0.1) is 12.1 Å². The zero-order valence-corrected chi connectivity index (χ0v) is 17.5. The van der Waals surface area contributed by atoms with Gasteiger partial charge in [-0.25, -0.2) is 0 Å². The lowest BCUT2D eigenvalue weighted by atomic mass is 9.45. The second kappa shape index (κ2) is 6.88. The SMILES string of the molecule is C[C@]12CCC(NO[C@@H]3CCNC3)C(=O)C1CC[C@@H]1[C@@H]2CC[C@]2(C)C(=O)CC[C@@H]12. The summed E-state index contributed by atoms with van der Waals surface area (Å²) < 4.78 is 0. The van der Waals surface area contributed by atoms with Crippen LogP contribution in [0.4, 0.5) is 0 Å². The van der Waals surface area contributed by atoms with Crippen molar-refractivity contribution in [1.82, 2.24) is 10.8 Å². The van der Waals surface area contributed by atoms with Crippen molar-refractivity contribution in [3.63, 3.8) is 0 Å². The van der Waals surface area contributed by atoms with Crippen molar-refractivity contribution in [2.45, 2.75) is 83.8 Å². The highest BCUT2D eigenvalue weighted by molar-refractivity contribution is 5.88. The van der Waals surface area contributed by atoms with Crippen LogP contribution in [0, 0.1) is 34.5 Å². The van der Waals surface area contributed by atoms with Crippen LogP contribution in [-0.2, 0) is 14.4 Å². The molecule has 2 N–H and O–H groups in total. The Kier molecular flexibility index (Phi) is 4.72. The Morgan fingerprint density at radius 2 is 1.86 bits per heavy atom.